The molecule has 0 amide bonds. The molecule has 1 aromatic carbocycles. The number of rotatable bonds is 3. The van der Waals surface area contributed by atoms with Crippen LogP contribution in [0.4, 0.5) is 0 Å². The lowest BCUT2D eigenvalue weighted by Crippen LogP contribution is -2.03. The Morgan fingerprint density at radius 2 is 1.60 bits per heavy atom. The van der Waals surface area contributed by atoms with Crippen molar-refractivity contribution < 1.29 is 5.11 Å². The molecule has 80 valence electrons. The molecular formula is C13H17NO. The molecule has 1 N–H and O–H groups in total. The number of aliphatic hydroxyl groups is 1. The summed E-state index contributed by atoms with van der Waals surface area (Å²) in [5, 5.41) is 11.5. The molecule has 0 saturated heterocycles. The van der Waals surface area contributed by atoms with Crippen LogP contribution in [0.2, 0.25) is 0 Å². The summed E-state index contributed by atoms with van der Waals surface area (Å²) in [6.45, 7) is 5.45. The summed E-state index contributed by atoms with van der Waals surface area (Å²) in [6.07, 6.45) is 0.822. The van der Waals surface area contributed by atoms with E-state index in [0.29, 0.717) is 0 Å². The van der Waals surface area contributed by atoms with Gasteiger partial charge in [-0.2, -0.15) is 0 Å². The first-order valence-electron chi connectivity index (χ1n) is 5.41. The molecule has 0 radical (unpaired) electrons. The third-order valence-electron chi connectivity index (χ3n) is 3.06. The van der Waals surface area contributed by atoms with E-state index in [0.717, 1.165) is 13.0 Å². The quantitative estimate of drug-likeness (QED) is 0.815. The van der Waals surface area contributed by atoms with E-state index in [1.54, 1.807) is 0 Å². The number of hydrogen-bond acceptors (Lipinski definition) is 1. The summed E-state index contributed by atoms with van der Waals surface area (Å²) >= 11 is 0. The van der Waals surface area contributed by atoms with Crippen molar-refractivity contribution in [3.63, 3.8) is 0 Å². The Kier molecular flexibility index (Phi) is 2.78. The summed E-state index contributed by atoms with van der Waals surface area (Å²) in [5.74, 6) is 0. The summed E-state index contributed by atoms with van der Waals surface area (Å²) < 4.78 is 2.29. The second-order valence-electron chi connectivity index (χ2n) is 3.95. The van der Waals surface area contributed by atoms with Gasteiger partial charge in [-0.15, -0.1) is 0 Å². The molecule has 15 heavy (non-hydrogen) atoms. The molecule has 0 aliphatic heterocycles. The SMILES string of the molecule is Cc1c2ccccc2c(C)n1CCCO. The Hall–Kier alpha value is -1.28. The second kappa shape index (κ2) is 4.07. The number of nitrogens with zero attached hydrogens (tertiary/aromatic N) is 1. The zero-order chi connectivity index (χ0) is 10.8. The summed E-state index contributed by atoms with van der Waals surface area (Å²) in [6, 6.07) is 8.47. The van der Waals surface area contributed by atoms with Crippen LogP contribution in [-0.2, 0) is 6.54 Å². The van der Waals surface area contributed by atoms with Crippen molar-refractivity contribution in [1.82, 2.24) is 4.57 Å². The smallest absolute Gasteiger partial charge is 0.0448 e. The van der Waals surface area contributed by atoms with Gasteiger partial charge in [-0.1, -0.05) is 24.3 Å². The van der Waals surface area contributed by atoms with E-state index >= 15 is 0 Å². The van der Waals surface area contributed by atoms with E-state index in [9.17, 15) is 0 Å². The summed E-state index contributed by atoms with van der Waals surface area (Å²) in [4.78, 5) is 0. The minimum Gasteiger partial charge on any atom is -0.396 e. The zero-order valence-electron chi connectivity index (χ0n) is 9.33. The highest BCUT2D eigenvalue weighted by Gasteiger charge is 2.08. The maximum absolute atomic E-state index is 8.87. The van der Waals surface area contributed by atoms with E-state index in [1.807, 2.05) is 0 Å². The molecule has 0 spiro atoms. The third kappa shape index (κ3) is 1.65. The van der Waals surface area contributed by atoms with Crippen LogP contribution >= 0.6 is 0 Å². The molecule has 2 heteroatoms. The van der Waals surface area contributed by atoms with E-state index in [-0.39, 0.29) is 6.61 Å². The van der Waals surface area contributed by atoms with Crippen molar-refractivity contribution in [3.05, 3.63) is 35.7 Å². The molecule has 1 heterocycles. The first-order valence-corrected chi connectivity index (χ1v) is 5.41. The van der Waals surface area contributed by atoms with Gasteiger partial charge < -0.3 is 9.67 Å². The highest BCUT2D eigenvalue weighted by molar-refractivity contribution is 5.88. The lowest BCUT2D eigenvalue weighted by Gasteiger charge is -2.07. The largest absolute Gasteiger partial charge is 0.396 e. The normalized spacial score (nSPS) is 11.1. The fourth-order valence-corrected chi connectivity index (χ4v) is 2.22. The van der Waals surface area contributed by atoms with E-state index in [4.69, 9.17) is 5.11 Å². The predicted molar refractivity (Wildman–Crippen MR) is 63.1 cm³/mol. The third-order valence-corrected chi connectivity index (χ3v) is 3.06. The first kappa shape index (κ1) is 10.2. The molecule has 0 atom stereocenters. The Bertz CT molecular complexity index is 432. The van der Waals surface area contributed by atoms with Gasteiger partial charge in [0.25, 0.3) is 0 Å². The predicted octanol–water partition coefficient (Wildman–Crippen LogP) is 2.64. The van der Waals surface area contributed by atoms with Crippen molar-refractivity contribution in [1.29, 1.82) is 0 Å². The van der Waals surface area contributed by atoms with Crippen LogP contribution in [0.15, 0.2) is 24.3 Å². The Labute approximate surface area is 90.2 Å². The Morgan fingerprint density at radius 1 is 1.07 bits per heavy atom. The maximum Gasteiger partial charge on any atom is 0.0448 e. The van der Waals surface area contributed by atoms with Crippen molar-refractivity contribution in [2.24, 2.45) is 0 Å². The average molecular weight is 203 g/mol. The number of aryl methyl sites for hydroxylation is 2. The molecule has 0 aliphatic carbocycles. The fourth-order valence-electron chi connectivity index (χ4n) is 2.22. The number of fused-ring (bicyclic) bond motifs is 1. The van der Waals surface area contributed by atoms with Gasteiger partial charge in [0.05, 0.1) is 0 Å². The number of aliphatic hydroxyl groups excluding tert-OH is 1. The number of benzene rings is 1. The van der Waals surface area contributed by atoms with Gasteiger partial charge in [-0.05, 0) is 20.3 Å². The molecule has 0 bridgehead atoms. The molecule has 0 aliphatic rings. The van der Waals surface area contributed by atoms with E-state index in [2.05, 4.69) is 42.7 Å². The lowest BCUT2D eigenvalue weighted by atomic mass is 10.1. The Balaban J connectivity index is 2.54. The van der Waals surface area contributed by atoms with Crippen LogP contribution in [0.25, 0.3) is 10.8 Å². The molecule has 2 aromatic rings. The van der Waals surface area contributed by atoms with Crippen LogP contribution in [0.1, 0.15) is 17.8 Å². The molecule has 0 saturated carbocycles. The van der Waals surface area contributed by atoms with Crippen LogP contribution in [0.3, 0.4) is 0 Å². The van der Waals surface area contributed by atoms with Gasteiger partial charge in [0.2, 0.25) is 0 Å². The maximum atomic E-state index is 8.87. The minimum absolute atomic E-state index is 0.257. The molecule has 0 fully saturated rings. The van der Waals surface area contributed by atoms with Gasteiger partial charge in [-0.25, -0.2) is 0 Å². The van der Waals surface area contributed by atoms with E-state index < -0.39 is 0 Å². The topological polar surface area (TPSA) is 25.2 Å². The Morgan fingerprint density at radius 3 is 2.07 bits per heavy atom. The van der Waals surface area contributed by atoms with Gasteiger partial charge in [0, 0.05) is 35.3 Å². The van der Waals surface area contributed by atoms with Gasteiger partial charge in [0.1, 0.15) is 0 Å². The summed E-state index contributed by atoms with van der Waals surface area (Å²) in [7, 11) is 0. The number of aromatic nitrogens is 1. The minimum atomic E-state index is 0.257. The standard InChI is InChI=1S/C13H17NO/c1-10-12-6-3-4-7-13(12)11(2)14(10)8-5-9-15/h3-4,6-7,15H,5,8-9H2,1-2H3. The van der Waals surface area contributed by atoms with Crippen molar-refractivity contribution in [3.8, 4) is 0 Å². The summed E-state index contributed by atoms with van der Waals surface area (Å²) in [5.41, 5.74) is 2.60. The molecule has 2 rings (SSSR count). The average Bonchev–Trinajstić information content (AvgIpc) is 2.51. The van der Waals surface area contributed by atoms with Crippen LogP contribution in [-0.4, -0.2) is 16.3 Å². The van der Waals surface area contributed by atoms with Crippen molar-refractivity contribution in [2.75, 3.05) is 6.61 Å². The molecule has 2 nitrogen and oxygen atoms in total. The number of hydrogen-bond donors (Lipinski definition) is 1. The van der Waals surface area contributed by atoms with Gasteiger partial charge >= 0.3 is 0 Å². The zero-order valence-corrected chi connectivity index (χ0v) is 9.33. The highest BCUT2D eigenvalue weighted by Crippen LogP contribution is 2.25. The van der Waals surface area contributed by atoms with Gasteiger partial charge in [-0.3, -0.25) is 0 Å². The highest BCUT2D eigenvalue weighted by atomic mass is 16.3. The van der Waals surface area contributed by atoms with Crippen molar-refractivity contribution in [2.45, 2.75) is 26.8 Å². The van der Waals surface area contributed by atoms with Crippen molar-refractivity contribution >= 4 is 10.8 Å². The van der Waals surface area contributed by atoms with Crippen LogP contribution in [0.5, 0.6) is 0 Å². The fraction of sp³-hybridized carbons (Fsp3) is 0.385. The second-order valence-corrected chi connectivity index (χ2v) is 3.95. The molecule has 0 unspecified atom stereocenters. The van der Waals surface area contributed by atoms with E-state index in [1.165, 1.54) is 22.2 Å². The lowest BCUT2D eigenvalue weighted by molar-refractivity contribution is 0.279. The molecular weight excluding hydrogens is 186 g/mol. The monoisotopic (exact) mass is 203 g/mol. The molecule has 1 aromatic heterocycles. The van der Waals surface area contributed by atoms with Gasteiger partial charge in [0.15, 0.2) is 0 Å². The first-order chi connectivity index (χ1) is 7.25. The van der Waals surface area contributed by atoms with Crippen LogP contribution in [0, 0.1) is 13.8 Å². The van der Waals surface area contributed by atoms with Crippen LogP contribution < -0.4 is 0 Å².